The molecule has 1 unspecified atom stereocenters. The quantitative estimate of drug-likeness (QED) is 0.838. The van der Waals surface area contributed by atoms with Gasteiger partial charge < -0.3 is 4.74 Å². The third-order valence-electron chi connectivity index (χ3n) is 2.97. The first-order valence-corrected chi connectivity index (χ1v) is 8.04. The van der Waals surface area contributed by atoms with E-state index in [4.69, 9.17) is 16.3 Å². The van der Waals surface area contributed by atoms with Gasteiger partial charge in [0.15, 0.2) is 0 Å². The molecule has 1 heterocycles. The summed E-state index contributed by atoms with van der Waals surface area (Å²) in [5.74, 6) is 0. The minimum absolute atomic E-state index is 0.0180. The third-order valence-corrected chi connectivity index (χ3v) is 6.05. The van der Waals surface area contributed by atoms with Crippen LogP contribution in [0.1, 0.15) is 6.42 Å². The summed E-state index contributed by atoms with van der Waals surface area (Å²) in [5, 5.41) is 0.491. The van der Waals surface area contributed by atoms with Gasteiger partial charge in [0, 0.05) is 24.7 Å². The Bertz CT molecular complexity index is 549. The fourth-order valence-corrected chi connectivity index (χ4v) is 4.06. The highest BCUT2D eigenvalue weighted by atomic mass is 79.9. The number of rotatable bonds is 3. The lowest BCUT2D eigenvalue weighted by Crippen LogP contribution is -2.30. The maximum Gasteiger partial charge on any atom is 0.243 e. The molecule has 0 bridgehead atoms. The Morgan fingerprint density at radius 1 is 1.50 bits per heavy atom. The van der Waals surface area contributed by atoms with Gasteiger partial charge in [0.1, 0.15) is 0 Å². The van der Waals surface area contributed by atoms with Gasteiger partial charge >= 0.3 is 0 Å². The van der Waals surface area contributed by atoms with Gasteiger partial charge in [-0.2, -0.15) is 4.31 Å². The minimum atomic E-state index is -3.46. The molecule has 0 N–H and O–H groups in total. The molecule has 18 heavy (non-hydrogen) atoms. The van der Waals surface area contributed by atoms with E-state index in [1.54, 1.807) is 13.2 Å². The molecule has 1 aromatic carbocycles. The minimum Gasteiger partial charge on any atom is -0.380 e. The molecule has 2 rings (SSSR count). The van der Waals surface area contributed by atoms with Gasteiger partial charge in [-0.3, -0.25) is 0 Å². The first kappa shape index (κ1) is 14.3. The van der Waals surface area contributed by atoms with Gasteiger partial charge in [-0.05, 0) is 40.5 Å². The van der Waals surface area contributed by atoms with E-state index in [1.807, 2.05) is 0 Å². The van der Waals surface area contributed by atoms with E-state index in [1.165, 1.54) is 16.4 Å². The lowest BCUT2D eigenvalue weighted by Gasteiger charge is -2.16. The van der Waals surface area contributed by atoms with Crippen LogP contribution in [-0.4, -0.2) is 39.0 Å². The van der Waals surface area contributed by atoms with Crippen LogP contribution in [0.2, 0.25) is 5.02 Å². The molecular weight excluding hydrogens is 342 g/mol. The molecule has 1 saturated heterocycles. The predicted octanol–water partition coefficient (Wildman–Crippen LogP) is 2.51. The fraction of sp³-hybridized carbons (Fsp3) is 0.455. The van der Waals surface area contributed by atoms with E-state index in [0.717, 1.165) is 6.42 Å². The van der Waals surface area contributed by atoms with Crippen molar-refractivity contribution < 1.29 is 13.2 Å². The molecule has 1 atom stereocenters. The van der Waals surface area contributed by atoms with Crippen molar-refractivity contribution in [1.29, 1.82) is 0 Å². The average molecular weight is 355 g/mol. The summed E-state index contributed by atoms with van der Waals surface area (Å²) in [6.45, 7) is 0.889. The molecule has 0 saturated carbocycles. The molecule has 1 aliphatic heterocycles. The summed E-state index contributed by atoms with van der Waals surface area (Å²) in [5.41, 5.74) is 0. The summed E-state index contributed by atoms with van der Waals surface area (Å²) in [7, 11) is -1.86. The van der Waals surface area contributed by atoms with Crippen molar-refractivity contribution in [2.45, 2.75) is 17.4 Å². The van der Waals surface area contributed by atoms with Crippen LogP contribution in [0.5, 0.6) is 0 Å². The van der Waals surface area contributed by atoms with E-state index in [2.05, 4.69) is 15.9 Å². The number of halogens is 2. The molecule has 0 amide bonds. The van der Waals surface area contributed by atoms with Gasteiger partial charge in [0.05, 0.1) is 16.0 Å². The zero-order chi connectivity index (χ0) is 13.3. The number of benzene rings is 1. The summed E-state index contributed by atoms with van der Waals surface area (Å²) < 4.78 is 31.9. The van der Waals surface area contributed by atoms with E-state index < -0.39 is 10.0 Å². The van der Waals surface area contributed by atoms with Crippen LogP contribution in [0.4, 0.5) is 0 Å². The van der Waals surface area contributed by atoms with Crippen LogP contribution in [0.15, 0.2) is 27.6 Å². The molecule has 0 aliphatic carbocycles. The van der Waals surface area contributed by atoms with Gasteiger partial charge in [0.25, 0.3) is 0 Å². The van der Waals surface area contributed by atoms with Gasteiger partial charge in [-0.15, -0.1) is 0 Å². The molecule has 4 nitrogen and oxygen atoms in total. The standard InChI is InChI=1S/C11H13BrClNO3S/c1-17-8-4-5-14(7-8)18(15,16)9-2-3-11(13)10(12)6-9/h2-3,6,8H,4-5,7H2,1H3. The molecule has 1 aliphatic rings. The Morgan fingerprint density at radius 2 is 2.22 bits per heavy atom. The Morgan fingerprint density at radius 3 is 2.78 bits per heavy atom. The molecule has 0 aromatic heterocycles. The van der Waals surface area contributed by atoms with E-state index in [-0.39, 0.29) is 11.0 Å². The van der Waals surface area contributed by atoms with Crippen LogP contribution < -0.4 is 0 Å². The Kier molecular flexibility index (Phi) is 4.33. The van der Waals surface area contributed by atoms with E-state index >= 15 is 0 Å². The van der Waals surface area contributed by atoms with Gasteiger partial charge in [-0.25, -0.2) is 8.42 Å². The number of sulfonamides is 1. The summed E-state index contributed by atoms with van der Waals surface area (Å²) in [6.07, 6.45) is 0.709. The summed E-state index contributed by atoms with van der Waals surface area (Å²) >= 11 is 9.09. The lowest BCUT2D eigenvalue weighted by molar-refractivity contribution is 0.115. The van der Waals surface area contributed by atoms with Crippen LogP contribution in [0, 0.1) is 0 Å². The Hall–Kier alpha value is -0.140. The zero-order valence-electron chi connectivity index (χ0n) is 9.77. The molecule has 1 fully saturated rings. The molecule has 1 aromatic rings. The van der Waals surface area contributed by atoms with Gasteiger partial charge in [-0.1, -0.05) is 11.6 Å². The second-order valence-corrected chi connectivity index (χ2v) is 7.28. The van der Waals surface area contributed by atoms with Crippen molar-refractivity contribution in [3.63, 3.8) is 0 Å². The number of hydrogen-bond donors (Lipinski definition) is 0. The van der Waals surface area contributed by atoms with E-state index in [0.29, 0.717) is 22.6 Å². The molecule has 0 radical (unpaired) electrons. The summed E-state index contributed by atoms with van der Waals surface area (Å²) in [6, 6.07) is 4.61. The maximum atomic E-state index is 12.4. The predicted molar refractivity (Wildman–Crippen MR) is 73.3 cm³/mol. The van der Waals surface area contributed by atoms with Crippen LogP contribution in [0.25, 0.3) is 0 Å². The van der Waals surface area contributed by atoms with Crippen molar-refractivity contribution in [1.82, 2.24) is 4.31 Å². The molecule has 0 spiro atoms. The SMILES string of the molecule is COC1CCN(S(=O)(=O)c2ccc(Cl)c(Br)c2)C1. The van der Waals surface area contributed by atoms with Crippen molar-refractivity contribution in [2.24, 2.45) is 0 Å². The molecular formula is C11H13BrClNO3S. The lowest BCUT2D eigenvalue weighted by atomic mass is 10.3. The number of nitrogens with zero attached hydrogens (tertiary/aromatic N) is 1. The summed E-state index contributed by atoms with van der Waals surface area (Å²) in [4.78, 5) is 0.246. The largest absolute Gasteiger partial charge is 0.380 e. The number of ether oxygens (including phenoxy) is 1. The monoisotopic (exact) mass is 353 g/mol. The van der Waals surface area contributed by atoms with Crippen molar-refractivity contribution in [2.75, 3.05) is 20.2 Å². The number of hydrogen-bond acceptors (Lipinski definition) is 3. The van der Waals surface area contributed by atoms with Gasteiger partial charge in [0.2, 0.25) is 10.0 Å². The second-order valence-electron chi connectivity index (χ2n) is 4.09. The Balaban J connectivity index is 2.28. The molecule has 7 heteroatoms. The third kappa shape index (κ3) is 2.72. The highest BCUT2D eigenvalue weighted by molar-refractivity contribution is 9.10. The zero-order valence-corrected chi connectivity index (χ0v) is 12.9. The second kappa shape index (κ2) is 5.46. The van der Waals surface area contributed by atoms with E-state index in [9.17, 15) is 8.42 Å². The molecule has 100 valence electrons. The van der Waals surface area contributed by atoms with Crippen molar-refractivity contribution >= 4 is 37.6 Å². The van der Waals surface area contributed by atoms with Crippen LogP contribution in [0.3, 0.4) is 0 Å². The normalized spacial score (nSPS) is 21.4. The number of methoxy groups -OCH3 is 1. The highest BCUT2D eigenvalue weighted by Crippen LogP contribution is 2.28. The topological polar surface area (TPSA) is 46.6 Å². The van der Waals surface area contributed by atoms with Crippen LogP contribution in [-0.2, 0) is 14.8 Å². The fourth-order valence-electron chi connectivity index (χ4n) is 1.89. The smallest absolute Gasteiger partial charge is 0.243 e. The van der Waals surface area contributed by atoms with Crippen LogP contribution >= 0.6 is 27.5 Å². The first-order valence-electron chi connectivity index (χ1n) is 5.43. The van der Waals surface area contributed by atoms with Crippen molar-refractivity contribution in [3.05, 3.63) is 27.7 Å². The van der Waals surface area contributed by atoms with Crippen molar-refractivity contribution in [3.8, 4) is 0 Å². The first-order chi connectivity index (χ1) is 8.45. The Labute approximate surface area is 120 Å². The highest BCUT2D eigenvalue weighted by Gasteiger charge is 2.32. The average Bonchev–Trinajstić information content (AvgIpc) is 2.81. The maximum absolute atomic E-state index is 12.4.